The van der Waals surface area contributed by atoms with Crippen molar-refractivity contribution in [3.05, 3.63) is 64.5 Å². The second-order valence-corrected chi connectivity index (χ2v) is 5.05. The molecule has 90 valence electrons. The molecule has 1 aromatic carbocycles. The monoisotopic (exact) mass is 254 g/mol. The quantitative estimate of drug-likeness (QED) is 0.769. The summed E-state index contributed by atoms with van der Waals surface area (Å²) >= 11 is 1.74. The highest BCUT2D eigenvalue weighted by Gasteiger charge is 1.97. The maximum absolute atomic E-state index is 4.32. The van der Waals surface area contributed by atoms with Gasteiger partial charge in [0.05, 0.1) is 5.52 Å². The fraction of sp³-hybridized carbons (Fsp3) is 0.133. The van der Waals surface area contributed by atoms with Gasteiger partial charge in [-0.15, -0.1) is 0 Å². The molecule has 2 nitrogen and oxygen atoms in total. The van der Waals surface area contributed by atoms with Crippen molar-refractivity contribution in [3.63, 3.8) is 0 Å². The van der Waals surface area contributed by atoms with Crippen LogP contribution in [0.25, 0.3) is 10.9 Å². The van der Waals surface area contributed by atoms with E-state index in [1.165, 1.54) is 16.5 Å². The summed E-state index contributed by atoms with van der Waals surface area (Å²) in [7, 11) is 0. The number of nitrogens with one attached hydrogen (secondary N) is 1. The largest absolute Gasteiger partial charge is 0.309 e. The number of rotatable bonds is 4. The van der Waals surface area contributed by atoms with Crippen LogP contribution in [-0.4, -0.2) is 4.98 Å². The van der Waals surface area contributed by atoms with E-state index in [1.54, 1.807) is 11.3 Å². The standard InChI is InChI=1S/C15H14N2S/c1-2-14-8-12(3-4-15(14)17-6-1)9-16-10-13-5-7-18-11-13/h1-8,11,16H,9-10H2. The molecular formula is C15H14N2S. The van der Waals surface area contributed by atoms with Gasteiger partial charge in [0.25, 0.3) is 0 Å². The first-order chi connectivity index (χ1) is 8.92. The van der Waals surface area contributed by atoms with Crippen LogP contribution in [0.15, 0.2) is 53.4 Å². The minimum absolute atomic E-state index is 0.890. The summed E-state index contributed by atoms with van der Waals surface area (Å²) in [6, 6.07) is 12.6. The molecule has 0 radical (unpaired) electrons. The summed E-state index contributed by atoms with van der Waals surface area (Å²) in [6.45, 7) is 1.81. The van der Waals surface area contributed by atoms with Gasteiger partial charge in [0.15, 0.2) is 0 Å². The van der Waals surface area contributed by atoms with Crippen LogP contribution in [0.2, 0.25) is 0 Å². The molecule has 2 heterocycles. The highest BCUT2D eigenvalue weighted by atomic mass is 32.1. The second-order valence-electron chi connectivity index (χ2n) is 4.27. The topological polar surface area (TPSA) is 24.9 Å². The lowest BCUT2D eigenvalue weighted by Gasteiger charge is -2.05. The van der Waals surface area contributed by atoms with E-state index in [9.17, 15) is 0 Å². The SMILES string of the molecule is c1cnc2ccc(CNCc3ccsc3)cc2c1. The third-order valence-corrected chi connectivity index (χ3v) is 3.64. The number of pyridine rings is 1. The summed E-state index contributed by atoms with van der Waals surface area (Å²) in [5.41, 5.74) is 3.70. The van der Waals surface area contributed by atoms with Gasteiger partial charge in [-0.1, -0.05) is 12.1 Å². The highest BCUT2D eigenvalue weighted by Crippen LogP contribution is 2.13. The molecule has 0 amide bonds. The number of thiophene rings is 1. The molecule has 3 heteroatoms. The Hall–Kier alpha value is -1.71. The molecule has 0 aliphatic rings. The third-order valence-electron chi connectivity index (χ3n) is 2.91. The van der Waals surface area contributed by atoms with E-state index in [0.29, 0.717) is 0 Å². The first kappa shape index (κ1) is 11.4. The molecule has 0 atom stereocenters. The summed E-state index contributed by atoms with van der Waals surface area (Å²) in [5.74, 6) is 0. The molecule has 0 aliphatic carbocycles. The smallest absolute Gasteiger partial charge is 0.0702 e. The zero-order valence-corrected chi connectivity index (χ0v) is 10.8. The molecular weight excluding hydrogens is 240 g/mol. The summed E-state index contributed by atoms with van der Waals surface area (Å²) in [5, 5.41) is 8.94. The van der Waals surface area contributed by atoms with Gasteiger partial charge in [0.2, 0.25) is 0 Å². The lowest BCUT2D eigenvalue weighted by Crippen LogP contribution is -2.11. The lowest BCUT2D eigenvalue weighted by atomic mass is 10.1. The summed E-state index contributed by atoms with van der Waals surface area (Å²) < 4.78 is 0. The summed E-state index contributed by atoms with van der Waals surface area (Å²) in [6.07, 6.45) is 1.83. The van der Waals surface area contributed by atoms with Crippen LogP contribution in [0.4, 0.5) is 0 Å². The fourth-order valence-electron chi connectivity index (χ4n) is 1.98. The molecule has 1 N–H and O–H groups in total. The second kappa shape index (κ2) is 5.29. The Bertz CT molecular complexity index is 632. The van der Waals surface area contributed by atoms with Crippen LogP contribution in [0, 0.1) is 0 Å². The Morgan fingerprint density at radius 2 is 2.00 bits per heavy atom. The molecule has 0 saturated carbocycles. The van der Waals surface area contributed by atoms with E-state index >= 15 is 0 Å². The molecule has 0 aliphatic heterocycles. The van der Waals surface area contributed by atoms with E-state index in [0.717, 1.165) is 18.6 Å². The van der Waals surface area contributed by atoms with Gasteiger partial charge in [-0.3, -0.25) is 4.98 Å². The number of nitrogens with zero attached hydrogens (tertiary/aromatic N) is 1. The Morgan fingerprint density at radius 3 is 2.89 bits per heavy atom. The lowest BCUT2D eigenvalue weighted by molar-refractivity contribution is 0.695. The van der Waals surface area contributed by atoms with Gasteiger partial charge in [0, 0.05) is 24.7 Å². The predicted octanol–water partition coefficient (Wildman–Crippen LogP) is 3.59. The fourth-order valence-corrected chi connectivity index (χ4v) is 2.65. The molecule has 2 aromatic heterocycles. The van der Waals surface area contributed by atoms with Crippen molar-refractivity contribution in [1.29, 1.82) is 0 Å². The van der Waals surface area contributed by atoms with Crippen molar-refractivity contribution < 1.29 is 0 Å². The van der Waals surface area contributed by atoms with Crippen molar-refractivity contribution in [3.8, 4) is 0 Å². The number of aromatic nitrogens is 1. The van der Waals surface area contributed by atoms with E-state index in [-0.39, 0.29) is 0 Å². The normalized spacial score (nSPS) is 10.9. The molecule has 0 spiro atoms. The highest BCUT2D eigenvalue weighted by molar-refractivity contribution is 7.07. The van der Waals surface area contributed by atoms with E-state index < -0.39 is 0 Å². The molecule has 0 unspecified atom stereocenters. The number of hydrogen-bond acceptors (Lipinski definition) is 3. The maximum atomic E-state index is 4.32. The number of benzene rings is 1. The first-order valence-electron chi connectivity index (χ1n) is 5.97. The van der Waals surface area contributed by atoms with Crippen molar-refractivity contribution in [2.45, 2.75) is 13.1 Å². The van der Waals surface area contributed by atoms with Crippen molar-refractivity contribution in [2.24, 2.45) is 0 Å². The van der Waals surface area contributed by atoms with Crippen molar-refractivity contribution >= 4 is 22.2 Å². The third kappa shape index (κ3) is 2.58. The predicted molar refractivity (Wildman–Crippen MR) is 76.6 cm³/mol. The minimum Gasteiger partial charge on any atom is -0.309 e. The molecule has 0 fully saturated rings. The van der Waals surface area contributed by atoms with Gasteiger partial charge in [-0.05, 0) is 46.2 Å². The Labute approximate surface area is 110 Å². The van der Waals surface area contributed by atoms with Crippen LogP contribution in [-0.2, 0) is 13.1 Å². The Balaban J connectivity index is 1.67. The average molecular weight is 254 g/mol. The molecule has 3 rings (SSSR count). The van der Waals surface area contributed by atoms with Gasteiger partial charge < -0.3 is 5.32 Å². The van der Waals surface area contributed by atoms with Gasteiger partial charge in [-0.25, -0.2) is 0 Å². The number of fused-ring (bicyclic) bond motifs is 1. The number of hydrogen-bond donors (Lipinski definition) is 1. The molecule has 18 heavy (non-hydrogen) atoms. The van der Waals surface area contributed by atoms with Crippen LogP contribution < -0.4 is 5.32 Å². The minimum atomic E-state index is 0.890. The molecule has 3 aromatic rings. The molecule has 0 bridgehead atoms. The van der Waals surface area contributed by atoms with Crippen molar-refractivity contribution in [1.82, 2.24) is 10.3 Å². The zero-order valence-electron chi connectivity index (χ0n) is 9.97. The summed E-state index contributed by atoms with van der Waals surface area (Å²) in [4.78, 5) is 4.32. The van der Waals surface area contributed by atoms with E-state index in [2.05, 4.69) is 51.4 Å². The van der Waals surface area contributed by atoms with E-state index in [1.807, 2.05) is 12.3 Å². The van der Waals surface area contributed by atoms with E-state index in [4.69, 9.17) is 0 Å². The zero-order chi connectivity index (χ0) is 12.2. The van der Waals surface area contributed by atoms with Gasteiger partial charge >= 0.3 is 0 Å². The first-order valence-corrected chi connectivity index (χ1v) is 6.91. The van der Waals surface area contributed by atoms with Crippen LogP contribution in [0.5, 0.6) is 0 Å². The molecule has 0 saturated heterocycles. The average Bonchev–Trinajstić information content (AvgIpc) is 2.92. The van der Waals surface area contributed by atoms with Crippen LogP contribution in [0.3, 0.4) is 0 Å². The van der Waals surface area contributed by atoms with Crippen molar-refractivity contribution in [2.75, 3.05) is 0 Å². The van der Waals surface area contributed by atoms with Crippen LogP contribution >= 0.6 is 11.3 Å². The Kier molecular flexibility index (Phi) is 3.35. The van der Waals surface area contributed by atoms with Gasteiger partial charge in [-0.2, -0.15) is 11.3 Å². The Morgan fingerprint density at radius 1 is 1.06 bits per heavy atom. The van der Waals surface area contributed by atoms with Crippen LogP contribution in [0.1, 0.15) is 11.1 Å². The maximum Gasteiger partial charge on any atom is 0.0702 e. The van der Waals surface area contributed by atoms with Gasteiger partial charge in [0.1, 0.15) is 0 Å².